The number of hydrogen-bond acceptors (Lipinski definition) is 7. The number of primary amides is 1. The lowest BCUT2D eigenvalue weighted by Gasteiger charge is -2.35. The van der Waals surface area contributed by atoms with Crippen molar-refractivity contribution in [1.29, 1.82) is 0 Å². The molecule has 0 radical (unpaired) electrons. The fourth-order valence-electron chi connectivity index (χ4n) is 4.91. The van der Waals surface area contributed by atoms with E-state index in [1.807, 2.05) is 0 Å². The third kappa shape index (κ3) is 7.44. The number of methoxy groups -OCH3 is 2. The van der Waals surface area contributed by atoms with Gasteiger partial charge in [-0.2, -0.15) is 13.2 Å². The second-order valence-corrected chi connectivity index (χ2v) is 9.79. The molecule has 1 aliphatic rings. The molecule has 13 heteroatoms. The highest BCUT2D eigenvalue weighted by Gasteiger charge is 2.32. The van der Waals surface area contributed by atoms with Crippen molar-refractivity contribution in [3.63, 3.8) is 0 Å². The molecule has 0 aliphatic carbocycles. The Bertz CT molecular complexity index is 1510. The highest BCUT2D eigenvalue weighted by Crippen LogP contribution is 2.32. The van der Waals surface area contributed by atoms with E-state index in [0.717, 1.165) is 4.57 Å². The van der Waals surface area contributed by atoms with Crippen LogP contribution in [0.15, 0.2) is 42.5 Å². The Labute approximate surface area is 239 Å². The highest BCUT2D eigenvalue weighted by molar-refractivity contribution is 5.94. The number of nitrogens with one attached hydrogen (secondary N) is 2. The lowest BCUT2D eigenvalue weighted by molar-refractivity contribution is -0.140. The molecule has 3 aromatic rings. The van der Waals surface area contributed by atoms with E-state index in [-0.39, 0.29) is 25.3 Å². The van der Waals surface area contributed by atoms with Crippen LogP contribution in [0.5, 0.6) is 5.75 Å². The van der Waals surface area contributed by atoms with Crippen LogP contribution in [0, 0.1) is 11.8 Å². The van der Waals surface area contributed by atoms with Crippen LogP contribution in [-0.2, 0) is 16.1 Å². The van der Waals surface area contributed by atoms with Crippen LogP contribution < -0.4 is 21.1 Å². The molecule has 1 amide bonds. The first-order valence-corrected chi connectivity index (χ1v) is 13.1. The number of likely N-dealkylation sites (tertiary alicyclic amines) is 1. The molecule has 1 fully saturated rings. The minimum atomic E-state index is -4.50. The summed E-state index contributed by atoms with van der Waals surface area (Å²) in [5.41, 5.74) is 6.97. The maximum Gasteiger partial charge on any atom is 0.406 e. The zero-order valence-corrected chi connectivity index (χ0v) is 23.1. The van der Waals surface area contributed by atoms with Gasteiger partial charge in [-0.1, -0.05) is 12.0 Å². The topological polar surface area (TPSA) is 111 Å². The standard InChI is InChI=1S/C29H31F4N5O4/c1-41-26-13-18(28(40)42-2)8-9-24(26)35-11-4-5-19-14-20-22(6-3-7-25(20)38(19)17-29(31,32)33)36-23-10-12-37(15-21(23)30)16-27(34)39/h3,6-9,13-14,21,23,35-36H,10-12,15-17H2,1-2H3,(H2,34,39)/t21-,23+/m0/s1. The maximum atomic E-state index is 14.9. The summed E-state index contributed by atoms with van der Waals surface area (Å²) < 4.78 is 66.7. The van der Waals surface area contributed by atoms with Crippen LogP contribution in [0.2, 0.25) is 0 Å². The number of anilines is 2. The van der Waals surface area contributed by atoms with Crippen molar-refractivity contribution in [2.24, 2.45) is 5.73 Å². The Hall–Kier alpha value is -4.44. The zero-order chi connectivity index (χ0) is 30.4. The van der Waals surface area contributed by atoms with E-state index in [2.05, 4.69) is 22.5 Å². The number of amides is 1. The summed E-state index contributed by atoms with van der Waals surface area (Å²) >= 11 is 0. The van der Waals surface area contributed by atoms with Crippen LogP contribution in [0.25, 0.3) is 10.9 Å². The third-order valence-corrected chi connectivity index (χ3v) is 6.84. The molecular weight excluding hydrogens is 558 g/mol. The van der Waals surface area contributed by atoms with Crippen LogP contribution in [0.1, 0.15) is 22.5 Å². The number of carbonyl (C=O) groups excluding carboxylic acids is 2. The number of aromatic nitrogens is 1. The van der Waals surface area contributed by atoms with Gasteiger partial charge in [0.2, 0.25) is 5.91 Å². The van der Waals surface area contributed by atoms with Gasteiger partial charge >= 0.3 is 12.1 Å². The number of nitrogens with two attached hydrogens (primary N) is 1. The molecule has 2 aromatic carbocycles. The molecule has 1 saturated heterocycles. The quantitative estimate of drug-likeness (QED) is 0.198. The second kappa shape index (κ2) is 13.0. The first-order valence-electron chi connectivity index (χ1n) is 13.1. The number of esters is 1. The summed E-state index contributed by atoms with van der Waals surface area (Å²) in [6, 6.07) is 10.5. The van der Waals surface area contributed by atoms with Crippen molar-refractivity contribution >= 4 is 34.2 Å². The first-order chi connectivity index (χ1) is 20.0. The van der Waals surface area contributed by atoms with E-state index in [0.29, 0.717) is 46.6 Å². The number of ether oxygens (including phenoxy) is 2. The van der Waals surface area contributed by atoms with Gasteiger partial charge in [0, 0.05) is 24.2 Å². The largest absolute Gasteiger partial charge is 0.495 e. The number of alkyl halides is 4. The summed E-state index contributed by atoms with van der Waals surface area (Å²) in [6.07, 6.45) is -5.43. The van der Waals surface area contributed by atoms with Gasteiger partial charge in [-0.3, -0.25) is 9.69 Å². The normalized spacial score (nSPS) is 17.3. The van der Waals surface area contributed by atoms with Crippen molar-refractivity contribution in [2.45, 2.75) is 31.4 Å². The number of rotatable bonds is 9. The third-order valence-electron chi connectivity index (χ3n) is 6.84. The molecule has 4 rings (SSSR count). The average Bonchev–Trinajstić information content (AvgIpc) is 3.28. The Morgan fingerprint density at radius 2 is 1.93 bits per heavy atom. The summed E-state index contributed by atoms with van der Waals surface area (Å²) in [4.78, 5) is 24.6. The van der Waals surface area contributed by atoms with Gasteiger partial charge in [0.05, 0.1) is 55.8 Å². The molecule has 4 N–H and O–H groups in total. The number of carbonyl (C=O) groups is 2. The number of nitrogens with zero attached hydrogens (tertiary/aromatic N) is 2. The Kier molecular flexibility index (Phi) is 9.47. The fourth-order valence-corrected chi connectivity index (χ4v) is 4.91. The van der Waals surface area contributed by atoms with E-state index >= 15 is 0 Å². The molecule has 0 unspecified atom stereocenters. The second-order valence-electron chi connectivity index (χ2n) is 9.79. The molecule has 224 valence electrons. The number of benzene rings is 2. The minimum absolute atomic E-state index is 0.0194. The van der Waals surface area contributed by atoms with E-state index in [9.17, 15) is 27.2 Å². The Morgan fingerprint density at radius 3 is 2.60 bits per heavy atom. The number of fused-ring (bicyclic) bond motifs is 1. The Morgan fingerprint density at radius 1 is 1.14 bits per heavy atom. The van der Waals surface area contributed by atoms with Crippen molar-refractivity contribution in [2.75, 3.05) is 51.0 Å². The molecule has 9 nitrogen and oxygen atoms in total. The highest BCUT2D eigenvalue weighted by atomic mass is 19.4. The SMILES string of the molecule is COC(=O)c1ccc(NCC#Cc2cc3c(N[C@@H]4CCN(CC(N)=O)C[C@@H]4F)cccc3n2CC(F)(F)F)c(OC)c1. The van der Waals surface area contributed by atoms with Crippen molar-refractivity contribution < 1.29 is 36.6 Å². The van der Waals surface area contributed by atoms with Crippen molar-refractivity contribution in [3.8, 4) is 17.6 Å². The van der Waals surface area contributed by atoms with E-state index in [1.165, 1.54) is 20.3 Å². The van der Waals surface area contributed by atoms with Crippen LogP contribution >= 0.6 is 0 Å². The monoisotopic (exact) mass is 589 g/mol. The van der Waals surface area contributed by atoms with Crippen molar-refractivity contribution in [1.82, 2.24) is 9.47 Å². The number of piperidine rings is 1. The zero-order valence-electron chi connectivity index (χ0n) is 23.1. The number of hydrogen-bond donors (Lipinski definition) is 3. The lowest BCUT2D eigenvalue weighted by Crippen LogP contribution is -2.49. The molecular formula is C29H31F4N5O4. The minimum Gasteiger partial charge on any atom is -0.495 e. The van der Waals surface area contributed by atoms with Crippen molar-refractivity contribution in [3.05, 3.63) is 53.7 Å². The molecule has 0 bridgehead atoms. The maximum absolute atomic E-state index is 14.9. The molecule has 2 heterocycles. The fraction of sp³-hybridized carbons (Fsp3) is 0.379. The van der Waals surface area contributed by atoms with Gasteiger partial charge in [-0.05, 0) is 48.7 Å². The summed E-state index contributed by atoms with van der Waals surface area (Å²) in [5.74, 6) is 4.97. The lowest BCUT2D eigenvalue weighted by atomic mass is 10.0. The molecule has 0 saturated carbocycles. The molecule has 1 aromatic heterocycles. The summed E-state index contributed by atoms with van der Waals surface area (Å²) in [6.45, 7) is -0.749. The van der Waals surface area contributed by atoms with Crippen LogP contribution in [0.3, 0.4) is 0 Å². The molecule has 0 spiro atoms. The summed E-state index contributed by atoms with van der Waals surface area (Å²) in [5, 5.41) is 6.66. The van der Waals surface area contributed by atoms with E-state index < -0.39 is 36.8 Å². The van der Waals surface area contributed by atoms with Gasteiger partial charge in [0.1, 0.15) is 18.5 Å². The van der Waals surface area contributed by atoms with Gasteiger partial charge in [0.25, 0.3) is 0 Å². The Balaban J connectivity index is 1.56. The van der Waals surface area contributed by atoms with Gasteiger partial charge < -0.3 is 30.4 Å². The van der Waals surface area contributed by atoms with Gasteiger partial charge in [-0.25, -0.2) is 9.18 Å². The predicted molar refractivity (Wildman–Crippen MR) is 150 cm³/mol. The van der Waals surface area contributed by atoms with Gasteiger partial charge in [-0.15, -0.1) is 0 Å². The molecule has 2 atom stereocenters. The average molecular weight is 590 g/mol. The van der Waals surface area contributed by atoms with E-state index in [4.69, 9.17) is 15.2 Å². The summed E-state index contributed by atoms with van der Waals surface area (Å²) in [7, 11) is 2.70. The van der Waals surface area contributed by atoms with E-state index in [1.54, 1.807) is 41.3 Å². The predicted octanol–water partition coefficient (Wildman–Crippen LogP) is 3.77. The van der Waals surface area contributed by atoms with Crippen LogP contribution in [0.4, 0.5) is 28.9 Å². The molecule has 1 aliphatic heterocycles. The molecule has 42 heavy (non-hydrogen) atoms. The van der Waals surface area contributed by atoms with Crippen LogP contribution in [-0.4, -0.2) is 80.1 Å². The number of halogens is 4. The van der Waals surface area contributed by atoms with Gasteiger partial charge in [0.15, 0.2) is 0 Å². The smallest absolute Gasteiger partial charge is 0.406 e. The first kappa shape index (κ1) is 30.5.